The maximum Gasteiger partial charge on any atom is 0.191 e. The van der Waals surface area contributed by atoms with Crippen molar-refractivity contribution in [1.29, 1.82) is 0 Å². The molecule has 0 bridgehead atoms. The Morgan fingerprint density at radius 1 is 0.926 bits per heavy atom. The molecule has 4 aromatic rings. The number of nitrogens with zero attached hydrogens (tertiary/aromatic N) is 5. The van der Waals surface area contributed by atoms with Gasteiger partial charge in [0.2, 0.25) is 0 Å². The van der Waals surface area contributed by atoms with Crippen molar-refractivity contribution in [2.24, 2.45) is 0 Å². The van der Waals surface area contributed by atoms with Gasteiger partial charge in [0.1, 0.15) is 11.5 Å². The molecule has 0 saturated carbocycles. The van der Waals surface area contributed by atoms with Gasteiger partial charge in [-0.2, -0.15) is 0 Å². The molecule has 0 spiro atoms. The van der Waals surface area contributed by atoms with Crippen LogP contribution in [0, 0.1) is 0 Å². The summed E-state index contributed by atoms with van der Waals surface area (Å²) in [6, 6.07) is 16.6. The molecular formula is C21H21N5S. The molecule has 0 atom stereocenters. The normalized spacial score (nSPS) is 14.2. The van der Waals surface area contributed by atoms with E-state index in [1.165, 1.54) is 25.0 Å². The molecule has 0 N–H and O–H groups in total. The third-order valence-corrected chi connectivity index (χ3v) is 6.07. The molecule has 0 amide bonds. The van der Waals surface area contributed by atoms with Crippen molar-refractivity contribution in [3.8, 4) is 11.3 Å². The van der Waals surface area contributed by atoms with E-state index in [0.29, 0.717) is 0 Å². The molecule has 0 radical (unpaired) electrons. The van der Waals surface area contributed by atoms with Crippen LogP contribution in [0.3, 0.4) is 0 Å². The van der Waals surface area contributed by atoms with Crippen LogP contribution in [0.2, 0.25) is 0 Å². The van der Waals surface area contributed by atoms with Crippen molar-refractivity contribution < 1.29 is 0 Å². The minimum absolute atomic E-state index is 0.813. The topological polar surface area (TPSA) is 48.0 Å². The van der Waals surface area contributed by atoms with Crippen molar-refractivity contribution in [3.05, 3.63) is 66.2 Å². The van der Waals surface area contributed by atoms with E-state index in [1.54, 1.807) is 11.8 Å². The Bertz CT molecular complexity index is 1070. The van der Waals surface area contributed by atoms with E-state index < -0.39 is 0 Å². The van der Waals surface area contributed by atoms with E-state index in [4.69, 9.17) is 4.98 Å². The van der Waals surface area contributed by atoms with Crippen LogP contribution in [0.1, 0.15) is 30.8 Å². The van der Waals surface area contributed by atoms with Gasteiger partial charge < -0.3 is 8.97 Å². The standard InChI is InChI=1S/C21H21N5S/c1-3-9-16(10-4-1)20-17(25-13-8-6-11-18(25)22-20)15-27-21-24-23-19-12-5-2-7-14-26(19)21/h1,3-4,6,8-11,13H,2,5,7,12,14-15H2. The second-order valence-electron chi connectivity index (χ2n) is 6.85. The van der Waals surface area contributed by atoms with E-state index >= 15 is 0 Å². The monoisotopic (exact) mass is 375 g/mol. The molecule has 136 valence electrons. The Morgan fingerprint density at radius 3 is 2.74 bits per heavy atom. The maximum absolute atomic E-state index is 4.89. The second kappa shape index (κ2) is 7.19. The third-order valence-electron chi connectivity index (χ3n) is 5.09. The van der Waals surface area contributed by atoms with Gasteiger partial charge in [0.15, 0.2) is 5.16 Å². The summed E-state index contributed by atoms with van der Waals surface area (Å²) in [6.45, 7) is 1.03. The molecule has 0 aliphatic carbocycles. The lowest BCUT2D eigenvalue weighted by Gasteiger charge is -2.08. The van der Waals surface area contributed by atoms with Gasteiger partial charge in [-0.1, -0.05) is 54.6 Å². The van der Waals surface area contributed by atoms with Gasteiger partial charge in [0, 0.05) is 30.5 Å². The number of hydrogen-bond acceptors (Lipinski definition) is 4. The first-order valence-corrected chi connectivity index (χ1v) is 10.4. The van der Waals surface area contributed by atoms with Crippen LogP contribution < -0.4 is 0 Å². The Hall–Kier alpha value is -2.60. The van der Waals surface area contributed by atoms with Crippen molar-refractivity contribution in [3.63, 3.8) is 0 Å². The molecule has 1 aliphatic rings. The average Bonchev–Trinajstić information content (AvgIpc) is 3.19. The summed E-state index contributed by atoms with van der Waals surface area (Å²) < 4.78 is 4.50. The Kier molecular flexibility index (Phi) is 4.41. The first kappa shape index (κ1) is 16.6. The van der Waals surface area contributed by atoms with Crippen LogP contribution in [0.4, 0.5) is 0 Å². The van der Waals surface area contributed by atoms with E-state index in [0.717, 1.165) is 46.6 Å². The summed E-state index contributed by atoms with van der Waals surface area (Å²) in [5.74, 6) is 1.95. The van der Waals surface area contributed by atoms with Gasteiger partial charge in [0.05, 0.1) is 11.4 Å². The second-order valence-corrected chi connectivity index (χ2v) is 7.79. The number of aromatic nitrogens is 5. The fraction of sp³-hybridized carbons (Fsp3) is 0.286. The largest absolute Gasteiger partial charge is 0.306 e. The van der Waals surface area contributed by atoms with E-state index in [2.05, 4.69) is 61.8 Å². The van der Waals surface area contributed by atoms with Crippen molar-refractivity contribution in [1.82, 2.24) is 24.1 Å². The van der Waals surface area contributed by atoms with Crippen molar-refractivity contribution in [2.45, 2.75) is 43.1 Å². The molecule has 6 heteroatoms. The zero-order chi connectivity index (χ0) is 18.1. The first-order chi connectivity index (χ1) is 13.4. The van der Waals surface area contributed by atoms with Crippen LogP contribution in [-0.2, 0) is 18.7 Å². The molecule has 3 aromatic heterocycles. The SMILES string of the molecule is c1ccc(-c2nc3ccccn3c2CSc2nnc3n2CCCCC3)cc1. The summed E-state index contributed by atoms with van der Waals surface area (Å²) in [4.78, 5) is 4.89. The fourth-order valence-electron chi connectivity index (χ4n) is 3.71. The third kappa shape index (κ3) is 3.14. The minimum atomic E-state index is 0.813. The molecular weight excluding hydrogens is 354 g/mol. The van der Waals surface area contributed by atoms with Crippen molar-refractivity contribution in [2.75, 3.05) is 0 Å². The van der Waals surface area contributed by atoms with Gasteiger partial charge in [-0.25, -0.2) is 4.98 Å². The fourth-order valence-corrected chi connectivity index (χ4v) is 4.70. The highest BCUT2D eigenvalue weighted by molar-refractivity contribution is 7.98. The number of aryl methyl sites for hydroxylation is 1. The number of imidazole rings is 1. The Morgan fingerprint density at radius 2 is 1.81 bits per heavy atom. The smallest absolute Gasteiger partial charge is 0.191 e. The quantitative estimate of drug-likeness (QED) is 0.489. The lowest BCUT2D eigenvalue weighted by Crippen LogP contribution is -2.02. The lowest BCUT2D eigenvalue weighted by atomic mass is 10.1. The zero-order valence-corrected chi connectivity index (χ0v) is 15.9. The Labute approximate surface area is 162 Å². The van der Waals surface area contributed by atoms with Crippen LogP contribution in [0.25, 0.3) is 16.9 Å². The van der Waals surface area contributed by atoms with Crippen LogP contribution in [0.15, 0.2) is 59.9 Å². The van der Waals surface area contributed by atoms with Crippen LogP contribution in [-0.4, -0.2) is 24.1 Å². The summed E-state index contributed by atoms with van der Waals surface area (Å²) >= 11 is 1.76. The molecule has 4 heterocycles. The first-order valence-electron chi connectivity index (χ1n) is 9.46. The van der Waals surface area contributed by atoms with E-state index in [-0.39, 0.29) is 0 Å². The molecule has 0 unspecified atom stereocenters. The summed E-state index contributed by atoms with van der Waals surface area (Å²) in [6.07, 6.45) is 6.84. The van der Waals surface area contributed by atoms with Gasteiger partial charge in [0.25, 0.3) is 0 Å². The van der Waals surface area contributed by atoms with E-state index in [1.807, 2.05) is 12.1 Å². The van der Waals surface area contributed by atoms with Crippen LogP contribution >= 0.6 is 11.8 Å². The molecule has 27 heavy (non-hydrogen) atoms. The van der Waals surface area contributed by atoms with Gasteiger partial charge in [-0.15, -0.1) is 10.2 Å². The predicted octanol–water partition coefficient (Wildman–Crippen LogP) is 4.61. The molecule has 0 fully saturated rings. The number of pyridine rings is 1. The Balaban J connectivity index is 1.51. The molecule has 1 aromatic carbocycles. The zero-order valence-electron chi connectivity index (χ0n) is 15.1. The van der Waals surface area contributed by atoms with Crippen molar-refractivity contribution >= 4 is 17.4 Å². The highest BCUT2D eigenvalue weighted by atomic mass is 32.2. The lowest BCUT2D eigenvalue weighted by molar-refractivity contribution is 0.591. The number of fused-ring (bicyclic) bond motifs is 2. The van der Waals surface area contributed by atoms with Gasteiger partial charge >= 0.3 is 0 Å². The molecule has 1 aliphatic heterocycles. The number of hydrogen-bond donors (Lipinski definition) is 0. The van der Waals surface area contributed by atoms with Gasteiger partial charge in [-0.05, 0) is 25.0 Å². The van der Waals surface area contributed by atoms with Gasteiger partial charge in [-0.3, -0.25) is 0 Å². The summed E-state index contributed by atoms with van der Waals surface area (Å²) in [5, 5.41) is 9.92. The van der Waals surface area contributed by atoms with E-state index in [9.17, 15) is 0 Å². The molecule has 5 nitrogen and oxygen atoms in total. The van der Waals surface area contributed by atoms with Crippen LogP contribution in [0.5, 0.6) is 0 Å². The minimum Gasteiger partial charge on any atom is -0.306 e. The summed E-state index contributed by atoms with van der Waals surface area (Å²) in [5.41, 5.74) is 4.38. The molecule has 0 saturated heterocycles. The summed E-state index contributed by atoms with van der Waals surface area (Å²) in [7, 11) is 0. The maximum atomic E-state index is 4.89. The molecule has 5 rings (SSSR count). The highest BCUT2D eigenvalue weighted by Gasteiger charge is 2.18. The highest BCUT2D eigenvalue weighted by Crippen LogP contribution is 2.31. The number of thioether (sulfide) groups is 1. The number of benzene rings is 1. The predicted molar refractivity (Wildman–Crippen MR) is 108 cm³/mol. The average molecular weight is 376 g/mol. The number of rotatable bonds is 4.